The molecule has 0 saturated carbocycles. The van der Waals surface area contributed by atoms with Gasteiger partial charge < -0.3 is 19.5 Å². The van der Waals surface area contributed by atoms with E-state index in [1.165, 1.54) is 12.1 Å². The fourth-order valence-electron chi connectivity index (χ4n) is 2.36. The first-order valence-electron chi connectivity index (χ1n) is 8.72. The monoisotopic (exact) mass is 371 g/mol. The third kappa shape index (κ3) is 7.01. The first-order chi connectivity index (χ1) is 12.7. The van der Waals surface area contributed by atoms with E-state index in [1.54, 1.807) is 17.0 Å². The van der Waals surface area contributed by atoms with Crippen LogP contribution in [0.2, 0.25) is 0 Å². The zero-order valence-corrected chi connectivity index (χ0v) is 15.8. The summed E-state index contributed by atoms with van der Waals surface area (Å²) in [6.07, 6.45) is -0.422. The van der Waals surface area contributed by atoms with Crippen molar-refractivity contribution in [1.29, 1.82) is 0 Å². The van der Waals surface area contributed by atoms with Gasteiger partial charge in [0.25, 0.3) is 0 Å². The zero-order chi connectivity index (χ0) is 19.9. The highest BCUT2D eigenvalue weighted by molar-refractivity contribution is 5.88. The second-order valence-corrected chi connectivity index (χ2v) is 7.07. The van der Waals surface area contributed by atoms with Gasteiger partial charge in [-0.3, -0.25) is 0 Å². The molecule has 27 heavy (non-hydrogen) atoms. The molecule has 144 valence electrons. The van der Waals surface area contributed by atoms with E-state index in [0.717, 1.165) is 5.56 Å². The quantitative estimate of drug-likeness (QED) is 0.789. The molecule has 0 spiro atoms. The summed E-state index contributed by atoms with van der Waals surface area (Å²) >= 11 is 0. The molecule has 2 aromatic carbocycles. The van der Waals surface area contributed by atoms with Gasteiger partial charge in [-0.15, -0.1) is 0 Å². The number of aromatic carboxylic acids is 1. The molecule has 1 amide bonds. The molecule has 0 unspecified atom stereocenters. The minimum atomic E-state index is -1.01. The highest BCUT2D eigenvalue weighted by Gasteiger charge is 2.22. The van der Waals surface area contributed by atoms with Crippen LogP contribution in [0.3, 0.4) is 0 Å². The molecule has 0 atom stereocenters. The van der Waals surface area contributed by atoms with Crippen LogP contribution in [0.4, 0.5) is 4.79 Å². The van der Waals surface area contributed by atoms with Gasteiger partial charge in [0.1, 0.15) is 18.0 Å². The van der Waals surface area contributed by atoms with E-state index < -0.39 is 17.7 Å². The van der Waals surface area contributed by atoms with Gasteiger partial charge in [0.2, 0.25) is 0 Å². The summed E-state index contributed by atoms with van der Waals surface area (Å²) in [5.74, 6) is -0.571. The number of benzene rings is 2. The van der Waals surface area contributed by atoms with E-state index >= 15 is 0 Å². The van der Waals surface area contributed by atoms with E-state index in [-0.39, 0.29) is 12.2 Å². The fraction of sp³-hybridized carbons (Fsp3) is 0.333. The lowest BCUT2D eigenvalue weighted by atomic mass is 10.2. The van der Waals surface area contributed by atoms with Crippen LogP contribution in [0.1, 0.15) is 36.7 Å². The van der Waals surface area contributed by atoms with Gasteiger partial charge in [-0.2, -0.15) is 0 Å². The highest BCUT2D eigenvalue weighted by atomic mass is 16.6. The van der Waals surface area contributed by atoms with E-state index in [1.807, 2.05) is 51.1 Å². The van der Waals surface area contributed by atoms with E-state index in [0.29, 0.717) is 18.8 Å². The minimum Gasteiger partial charge on any atom is -0.492 e. The first kappa shape index (κ1) is 20.3. The number of ether oxygens (including phenoxy) is 2. The maximum atomic E-state index is 12.5. The molecule has 2 rings (SSSR count). The topological polar surface area (TPSA) is 76.1 Å². The average Bonchev–Trinajstić information content (AvgIpc) is 2.60. The predicted octanol–water partition coefficient (Wildman–Crippen LogP) is 4.20. The van der Waals surface area contributed by atoms with Gasteiger partial charge in [-0.05, 0) is 44.5 Å². The molecule has 0 aliphatic carbocycles. The number of carboxylic acid groups (broad SMARTS) is 1. The van der Waals surface area contributed by atoms with E-state index in [4.69, 9.17) is 14.6 Å². The van der Waals surface area contributed by atoms with Crippen LogP contribution in [-0.4, -0.2) is 40.8 Å². The summed E-state index contributed by atoms with van der Waals surface area (Å²) in [6, 6.07) is 15.9. The van der Waals surface area contributed by atoms with Crippen molar-refractivity contribution in [2.45, 2.75) is 32.9 Å². The summed E-state index contributed by atoms with van der Waals surface area (Å²) in [7, 11) is 0. The standard InChI is InChI=1S/C21H25NO5/c1-21(2,3)27-20(25)22(15-16-8-5-4-6-9-16)12-13-26-18-11-7-10-17(14-18)19(23)24/h4-11,14H,12-13,15H2,1-3H3,(H,23,24). The fourth-order valence-corrected chi connectivity index (χ4v) is 2.36. The Labute approximate surface area is 159 Å². The summed E-state index contributed by atoms with van der Waals surface area (Å²) < 4.78 is 11.1. The third-order valence-electron chi connectivity index (χ3n) is 3.58. The normalized spacial score (nSPS) is 10.9. The molecule has 2 aromatic rings. The molecule has 0 aliphatic rings. The number of carbonyl (C=O) groups excluding carboxylic acids is 1. The summed E-state index contributed by atoms with van der Waals surface area (Å²) in [5.41, 5.74) is 0.542. The van der Waals surface area contributed by atoms with Crippen LogP contribution in [-0.2, 0) is 11.3 Å². The molecule has 0 bridgehead atoms. The lowest BCUT2D eigenvalue weighted by molar-refractivity contribution is 0.0209. The molecule has 0 aromatic heterocycles. The van der Waals surface area contributed by atoms with Crippen LogP contribution in [0.15, 0.2) is 54.6 Å². The highest BCUT2D eigenvalue weighted by Crippen LogP contribution is 2.15. The Morgan fingerprint density at radius 3 is 2.37 bits per heavy atom. The molecular weight excluding hydrogens is 346 g/mol. The Kier molecular flexibility index (Phi) is 6.82. The average molecular weight is 371 g/mol. The molecule has 0 aliphatic heterocycles. The van der Waals surface area contributed by atoms with Crippen molar-refractivity contribution >= 4 is 12.1 Å². The van der Waals surface area contributed by atoms with Crippen LogP contribution in [0, 0.1) is 0 Å². The van der Waals surface area contributed by atoms with E-state index in [2.05, 4.69) is 0 Å². The lowest BCUT2D eigenvalue weighted by Gasteiger charge is -2.27. The van der Waals surface area contributed by atoms with E-state index in [9.17, 15) is 9.59 Å². The number of carbonyl (C=O) groups is 2. The Morgan fingerprint density at radius 2 is 1.74 bits per heavy atom. The second-order valence-electron chi connectivity index (χ2n) is 7.07. The van der Waals surface area contributed by atoms with Gasteiger partial charge in [-0.25, -0.2) is 9.59 Å². The number of rotatable bonds is 7. The smallest absolute Gasteiger partial charge is 0.410 e. The van der Waals surface area contributed by atoms with Crippen LogP contribution in [0.25, 0.3) is 0 Å². The molecule has 0 radical (unpaired) electrons. The number of hydrogen-bond acceptors (Lipinski definition) is 4. The number of hydrogen-bond donors (Lipinski definition) is 1. The van der Waals surface area contributed by atoms with Crippen LogP contribution in [0.5, 0.6) is 5.75 Å². The summed E-state index contributed by atoms with van der Waals surface area (Å²) in [6.45, 7) is 6.38. The van der Waals surface area contributed by atoms with Crippen molar-refractivity contribution < 1.29 is 24.2 Å². The molecule has 1 N–H and O–H groups in total. The molecule has 6 heteroatoms. The Hall–Kier alpha value is -3.02. The van der Waals surface area contributed by atoms with Gasteiger partial charge >= 0.3 is 12.1 Å². The van der Waals surface area contributed by atoms with Crippen LogP contribution < -0.4 is 4.74 Å². The number of nitrogens with zero attached hydrogens (tertiary/aromatic N) is 1. The third-order valence-corrected chi connectivity index (χ3v) is 3.58. The molecular formula is C21H25NO5. The predicted molar refractivity (Wildman–Crippen MR) is 102 cm³/mol. The largest absolute Gasteiger partial charge is 0.492 e. The first-order valence-corrected chi connectivity index (χ1v) is 8.72. The molecule has 0 fully saturated rings. The Bertz CT molecular complexity index is 768. The number of amides is 1. The van der Waals surface area contributed by atoms with Crippen molar-refractivity contribution in [2.75, 3.05) is 13.2 Å². The van der Waals surface area contributed by atoms with Crippen LogP contribution >= 0.6 is 0 Å². The SMILES string of the molecule is CC(C)(C)OC(=O)N(CCOc1cccc(C(=O)O)c1)Cc1ccccc1. The van der Waals surface area contributed by atoms with Crippen molar-refractivity contribution in [3.63, 3.8) is 0 Å². The van der Waals surface area contributed by atoms with Crippen molar-refractivity contribution in [3.05, 3.63) is 65.7 Å². The molecule has 0 heterocycles. The number of carboxylic acids is 1. The Balaban J connectivity index is 2.01. The summed E-state index contributed by atoms with van der Waals surface area (Å²) in [4.78, 5) is 25.1. The minimum absolute atomic E-state index is 0.154. The maximum absolute atomic E-state index is 12.5. The lowest BCUT2D eigenvalue weighted by Crippen LogP contribution is -2.38. The second kappa shape index (κ2) is 9.07. The Morgan fingerprint density at radius 1 is 1.04 bits per heavy atom. The molecule has 6 nitrogen and oxygen atoms in total. The summed E-state index contributed by atoms with van der Waals surface area (Å²) in [5, 5.41) is 9.04. The van der Waals surface area contributed by atoms with Crippen molar-refractivity contribution in [2.24, 2.45) is 0 Å². The van der Waals surface area contributed by atoms with Gasteiger partial charge in [0.05, 0.1) is 12.1 Å². The zero-order valence-electron chi connectivity index (χ0n) is 15.8. The van der Waals surface area contributed by atoms with Crippen molar-refractivity contribution in [3.8, 4) is 5.75 Å². The van der Waals surface area contributed by atoms with Gasteiger partial charge in [0, 0.05) is 6.54 Å². The van der Waals surface area contributed by atoms with Gasteiger partial charge in [0.15, 0.2) is 0 Å². The van der Waals surface area contributed by atoms with Crippen molar-refractivity contribution in [1.82, 2.24) is 4.90 Å². The molecule has 0 saturated heterocycles. The van der Waals surface area contributed by atoms with Gasteiger partial charge in [-0.1, -0.05) is 36.4 Å². The maximum Gasteiger partial charge on any atom is 0.410 e.